The summed E-state index contributed by atoms with van der Waals surface area (Å²) in [6.45, 7) is -0.150. The lowest BCUT2D eigenvalue weighted by atomic mass is 10.2. The van der Waals surface area contributed by atoms with Crippen molar-refractivity contribution in [1.29, 1.82) is 0 Å². The van der Waals surface area contributed by atoms with Gasteiger partial charge in [0, 0.05) is 16.1 Å². The van der Waals surface area contributed by atoms with Crippen LogP contribution >= 0.6 is 34.8 Å². The molecule has 0 aliphatic carbocycles. The highest BCUT2D eigenvalue weighted by molar-refractivity contribution is 6.36. The van der Waals surface area contributed by atoms with Gasteiger partial charge in [0.25, 0.3) is 5.91 Å². The summed E-state index contributed by atoms with van der Waals surface area (Å²) in [7, 11) is 0. The number of tetrazole rings is 1. The SMILES string of the molecule is O=C(Cn1nnc(-c2ccccc2Cl)n1)N/N=C\c1ccc(Cl)cc1Cl. The molecule has 0 aliphatic heterocycles. The molecule has 0 fully saturated rings. The van der Waals surface area contributed by atoms with Gasteiger partial charge >= 0.3 is 0 Å². The van der Waals surface area contributed by atoms with Gasteiger partial charge in [0.2, 0.25) is 5.82 Å². The van der Waals surface area contributed by atoms with E-state index in [2.05, 4.69) is 25.9 Å². The third-order valence-electron chi connectivity index (χ3n) is 3.21. The average Bonchev–Trinajstić information content (AvgIpc) is 3.05. The van der Waals surface area contributed by atoms with Crippen LogP contribution in [0.1, 0.15) is 5.56 Å². The number of aromatic nitrogens is 4. The summed E-state index contributed by atoms with van der Waals surface area (Å²) in [6.07, 6.45) is 1.42. The van der Waals surface area contributed by atoms with Gasteiger partial charge in [0.15, 0.2) is 0 Å². The van der Waals surface area contributed by atoms with E-state index in [-0.39, 0.29) is 6.54 Å². The topological polar surface area (TPSA) is 85.1 Å². The molecule has 7 nitrogen and oxygen atoms in total. The van der Waals surface area contributed by atoms with Crippen molar-refractivity contribution in [3.8, 4) is 11.4 Å². The van der Waals surface area contributed by atoms with Crippen molar-refractivity contribution in [2.45, 2.75) is 6.54 Å². The molecule has 132 valence electrons. The van der Waals surface area contributed by atoms with E-state index in [1.807, 2.05) is 6.07 Å². The van der Waals surface area contributed by atoms with E-state index in [1.54, 1.807) is 36.4 Å². The molecule has 0 bridgehead atoms. The van der Waals surface area contributed by atoms with Gasteiger partial charge in [-0.05, 0) is 29.5 Å². The molecule has 1 N–H and O–H groups in total. The number of nitrogens with one attached hydrogen (secondary N) is 1. The molecule has 0 unspecified atom stereocenters. The number of hydrogen-bond donors (Lipinski definition) is 1. The van der Waals surface area contributed by atoms with E-state index in [1.165, 1.54) is 6.21 Å². The van der Waals surface area contributed by atoms with Gasteiger partial charge in [-0.25, -0.2) is 5.43 Å². The van der Waals surface area contributed by atoms with Gasteiger partial charge < -0.3 is 0 Å². The lowest BCUT2D eigenvalue weighted by molar-refractivity contribution is -0.122. The van der Waals surface area contributed by atoms with E-state index in [4.69, 9.17) is 34.8 Å². The fourth-order valence-electron chi connectivity index (χ4n) is 2.00. The molecule has 0 aliphatic rings. The Morgan fingerprint density at radius 1 is 1.15 bits per heavy atom. The van der Waals surface area contributed by atoms with Crippen LogP contribution in [0.3, 0.4) is 0 Å². The molecule has 0 saturated heterocycles. The van der Waals surface area contributed by atoms with E-state index in [9.17, 15) is 4.79 Å². The van der Waals surface area contributed by atoms with Crippen molar-refractivity contribution in [3.63, 3.8) is 0 Å². The maximum Gasteiger partial charge on any atom is 0.263 e. The second-order valence-electron chi connectivity index (χ2n) is 5.08. The highest BCUT2D eigenvalue weighted by atomic mass is 35.5. The van der Waals surface area contributed by atoms with Gasteiger partial charge in [0.1, 0.15) is 6.54 Å². The number of amides is 1. The van der Waals surface area contributed by atoms with Crippen LogP contribution in [0.15, 0.2) is 47.6 Å². The third-order valence-corrected chi connectivity index (χ3v) is 4.10. The number of benzene rings is 2. The first-order valence-electron chi connectivity index (χ1n) is 7.32. The van der Waals surface area contributed by atoms with Crippen molar-refractivity contribution in [2.24, 2.45) is 5.10 Å². The average molecular weight is 410 g/mol. The van der Waals surface area contributed by atoms with Crippen LogP contribution in [0.25, 0.3) is 11.4 Å². The minimum absolute atomic E-state index is 0.150. The Labute approximate surface area is 163 Å². The van der Waals surface area contributed by atoms with Crippen LogP contribution in [-0.4, -0.2) is 32.3 Å². The summed E-state index contributed by atoms with van der Waals surface area (Å²) < 4.78 is 0. The molecule has 3 aromatic rings. The number of hydrogen-bond acceptors (Lipinski definition) is 5. The maximum absolute atomic E-state index is 11.9. The zero-order valence-electron chi connectivity index (χ0n) is 13.1. The number of hydrazone groups is 1. The van der Waals surface area contributed by atoms with Crippen LogP contribution in [-0.2, 0) is 11.3 Å². The summed E-state index contributed by atoms with van der Waals surface area (Å²) in [5.74, 6) is -0.0886. The fourth-order valence-corrected chi connectivity index (χ4v) is 2.68. The first kappa shape index (κ1) is 18.3. The highest BCUT2D eigenvalue weighted by Gasteiger charge is 2.11. The van der Waals surface area contributed by atoms with Crippen molar-refractivity contribution in [3.05, 3.63) is 63.1 Å². The minimum atomic E-state index is -0.422. The van der Waals surface area contributed by atoms with E-state index < -0.39 is 5.91 Å². The predicted octanol–water partition coefficient (Wildman–Crippen LogP) is 3.45. The van der Waals surface area contributed by atoms with Crippen molar-refractivity contribution >= 4 is 46.9 Å². The minimum Gasteiger partial charge on any atom is -0.271 e. The molecule has 1 aromatic heterocycles. The molecule has 3 rings (SSSR count). The molecule has 10 heteroatoms. The molecule has 26 heavy (non-hydrogen) atoms. The van der Waals surface area contributed by atoms with Crippen molar-refractivity contribution < 1.29 is 4.79 Å². The largest absolute Gasteiger partial charge is 0.271 e. The quantitative estimate of drug-likeness (QED) is 0.516. The van der Waals surface area contributed by atoms with Crippen LogP contribution in [0.4, 0.5) is 0 Å². The fraction of sp³-hybridized carbons (Fsp3) is 0.0625. The van der Waals surface area contributed by atoms with Gasteiger partial charge in [-0.2, -0.15) is 9.90 Å². The Morgan fingerprint density at radius 2 is 1.96 bits per heavy atom. The van der Waals surface area contributed by atoms with Gasteiger partial charge in [-0.1, -0.05) is 53.0 Å². The summed E-state index contributed by atoms with van der Waals surface area (Å²) in [6, 6.07) is 12.0. The standard InChI is InChI=1S/C16H11Cl3N6O/c17-11-6-5-10(14(19)7-11)8-20-21-15(26)9-25-23-16(22-24-25)12-3-1-2-4-13(12)18/h1-8H,9H2,(H,21,26)/b20-8-. The maximum atomic E-state index is 11.9. The molecule has 2 aromatic carbocycles. The lowest BCUT2D eigenvalue weighted by Gasteiger charge is -2.00. The van der Waals surface area contributed by atoms with Gasteiger partial charge in [-0.15, -0.1) is 10.2 Å². The summed E-state index contributed by atoms with van der Waals surface area (Å²) in [5, 5.41) is 17.2. The summed E-state index contributed by atoms with van der Waals surface area (Å²) in [4.78, 5) is 13.1. The molecular formula is C16H11Cl3N6O. The van der Waals surface area contributed by atoms with Crippen LogP contribution in [0.5, 0.6) is 0 Å². The Balaban J connectivity index is 1.60. The van der Waals surface area contributed by atoms with Gasteiger partial charge in [-0.3, -0.25) is 4.79 Å². The number of halogens is 3. The number of carbonyl (C=O) groups is 1. The van der Waals surface area contributed by atoms with E-state index in [0.717, 1.165) is 4.80 Å². The second-order valence-corrected chi connectivity index (χ2v) is 6.33. The Morgan fingerprint density at radius 3 is 2.73 bits per heavy atom. The Hall–Kier alpha value is -2.48. The molecule has 1 amide bonds. The number of rotatable bonds is 5. The van der Waals surface area contributed by atoms with E-state index in [0.29, 0.717) is 32.0 Å². The first-order valence-corrected chi connectivity index (χ1v) is 8.46. The monoisotopic (exact) mass is 408 g/mol. The molecule has 0 atom stereocenters. The van der Waals surface area contributed by atoms with Crippen molar-refractivity contribution in [1.82, 2.24) is 25.6 Å². The molecule has 0 spiro atoms. The molecule has 1 heterocycles. The summed E-state index contributed by atoms with van der Waals surface area (Å²) in [5.41, 5.74) is 3.62. The van der Waals surface area contributed by atoms with E-state index >= 15 is 0 Å². The molecule has 0 saturated carbocycles. The lowest BCUT2D eigenvalue weighted by Crippen LogP contribution is -2.24. The Bertz CT molecular complexity index is 972. The molecular weight excluding hydrogens is 399 g/mol. The van der Waals surface area contributed by atoms with Crippen LogP contribution < -0.4 is 5.43 Å². The van der Waals surface area contributed by atoms with Gasteiger partial charge in [0.05, 0.1) is 16.3 Å². The zero-order chi connectivity index (χ0) is 18.5. The molecule has 0 radical (unpaired) electrons. The first-order chi connectivity index (χ1) is 12.5. The normalized spacial score (nSPS) is 11.0. The highest BCUT2D eigenvalue weighted by Crippen LogP contribution is 2.23. The second kappa shape index (κ2) is 8.27. The smallest absolute Gasteiger partial charge is 0.263 e. The summed E-state index contributed by atoms with van der Waals surface area (Å²) >= 11 is 17.9. The third kappa shape index (κ3) is 4.57. The van der Waals surface area contributed by atoms with Crippen molar-refractivity contribution in [2.75, 3.05) is 0 Å². The Kier molecular flexibility index (Phi) is 5.82. The number of nitrogens with zero attached hydrogens (tertiary/aromatic N) is 5. The van der Waals surface area contributed by atoms with Crippen LogP contribution in [0.2, 0.25) is 15.1 Å². The van der Waals surface area contributed by atoms with Crippen LogP contribution in [0, 0.1) is 0 Å². The predicted molar refractivity (Wildman–Crippen MR) is 100 cm³/mol. The number of carbonyl (C=O) groups excluding carboxylic acids is 1. The zero-order valence-corrected chi connectivity index (χ0v) is 15.4.